The zero-order valence-corrected chi connectivity index (χ0v) is 19.2. The first-order valence-electron chi connectivity index (χ1n) is 10.7. The zero-order chi connectivity index (χ0) is 22.1. The van der Waals surface area contributed by atoms with Gasteiger partial charge in [-0.1, -0.05) is 80.4 Å². The van der Waals surface area contributed by atoms with Crippen LogP contribution in [0, 0.1) is 12.8 Å². The molecule has 0 saturated carbocycles. The molecule has 2 aromatic rings. The van der Waals surface area contributed by atoms with E-state index in [-0.39, 0.29) is 11.8 Å². The Kier molecular flexibility index (Phi) is 9.38. The van der Waals surface area contributed by atoms with Crippen molar-refractivity contribution in [2.45, 2.75) is 59.5 Å². The van der Waals surface area contributed by atoms with Crippen molar-refractivity contribution in [3.8, 4) is 0 Å². The van der Waals surface area contributed by atoms with Crippen LogP contribution >= 0.6 is 11.6 Å². The molecule has 0 fully saturated rings. The van der Waals surface area contributed by atoms with E-state index in [1.807, 2.05) is 62.4 Å². The van der Waals surface area contributed by atoms with Crippen LogP contribution in [0.15, 0.2) is 48.5 Å². The van der Waals surface area contributed by atoms with E-state index in [0.29, 0.717) is 43.3 Å². The van der Waals surface area contributed by atoms with E-state index in [9.17, 15) is 9.59 Å². The fourth-order valence-electron chi connectivity index (χ4n) is 3.32. The molecule has 0 aliphatic rings. The Balaban J connectivity index is 2.19. The third kappa shape index (κ3) is 7.17. The molecule has 30 heavy (non-hydrogen) atoms. The van der Waals surface area contributed by atoms with Gasteiger partial charge in [-0.05, 0) is 42.9 Å². The second-order valence-electron chi connectivity index (χ2n) is 8.16. The van der Waals surface area contributed by atoms with Gasteiger partial charge in [0, 0.05) is 24.5 Å². The Morgan fingerprint density at radius 3 is 2.33 bits per heavy atom. The van der Waals surface area contributed by atoms with Crippen molar-refractivity contribution in [3.05, 3.63) is 70.2 Å². The molecule has 0 aliphatic carbocycles. The molecule has 162 valence electrons. The molecule has 2 rings (SSSR count). The monoisotopic (exact) mass is 428 g/mol. The quantitative estimate of drug-likeness (QED) is 0.568. The summed E-state index contributed by atoms with van der Waals surface area (Å²) in [5.74, 6) is 0.222. The molecule has 2 aromatic carbocycles. The maximum absolute atomic E-state index is 13.2. The van der Waals surface area contributed by atoms with Crippen molar-refractivity contribution in [1.29, 1.82) is 0 Å². The normalized spacial score (nSPS) is 11.9. The van der Waals surface area contributed by atoms with Crippen molar-refractivity contribution >= 4 is 23.4 Å². The fourth-order valence-corrected chi connectivity index (χ4v) is 3.55. The number of amides is 2. The second-order valence-corrected chi connectivity index (χ2v) is 8.57. The van der Waals surface area contributed by atoms with E-state index in [1.165, 1.54) is 0 Å². The minimum absolute atomic E-state index is 0.0398. The molecule has 0 saturated heterocycles. The highest BCUT2D eigenvalue weighted by molar-refractivity contribution is 6.31. The molecule has 1 N–H and O–H groups in total. The number of benzene rings is 2. The topological polar surface area (TPSA) is 49.4 Å². The highest BCUT2D eigenvalue weighted by Gasteiger charge is 2.28. The van der Waals surface area contributed by atoms with Gasteiger partial charge in [-0.15, -0.1) is 0 Å². The van der Waals surface area contributed by atoms with E-state index in [1.54, 1.807) is 4.90 Å². The molecule has 1 unspecified atom stereocenters. The summed E-state index contributed by atoms with van der Waals surface area (Å²) in [6.45, 7) is 9.10. The smallest absolute Gasteiger partial charge is 0.242 e. The number of halogens is 1. The second kappa shape index (κ2) is 11.8. The van der Waals surface area contributed by atoms with Gasteiger partial charge in [0.15, 0.2) is 0 Å². The van der Waals surface area contributed by atoms with Crippen molar-refractivity contribution in [1.82, 2.24) is 10.2 Å². The number of rotatable bonds is 10. The van der Waals surface area contributed by atoms with Gasteiger partial charge in [0.25, 0.3) is 0 Å². The predicted octanol–water partition coefficient (Wildman–Crippen LogP) is 5.16. The van der Waals surface area contributed by atoms with Crippen LogP contribution in [-0.2, 0) is 22.6 Å². The third-order valence-corrected chi connectivity index (χ3v) is 5.48. The molecule has 4 nitrogen and oxygen atoms in total. The Bertz CT molecular complexity index is 833. The molecule has 5 heteroatoms. The molecule has 1 atom stereocenters. The molecule has 0 radical (unpaired) electrons. The molecule has 0 bridgehead atoms. The van der Waals surface area contributed by atoms with Gasteiger partial charge < -0.3 is 10.2 Å². The first-order chi connectivity index (χ1) is 14.3. The third-order valence-electron chi connectivity index (χ3n) is 5.11. The zero-order valence-electron chi connectivity index (χ0n) is 18.5. The summed E-state index contributed by atoms with van der Waals surface area (Å²) in [6.07, 6.45) is 1.42. The van der Waals surface area contributed by atoms with Gasteiger partial charge in [-0.2, -0.15) is 0 Å². The number of hydrogen-bond acceptors (Lipinski definition) is 2. The largest absolute Gasteiger partial charge is 0.354 e. The molecule has 0 aliphatic heterocycles. The maximum atomic E-state index is 13.2. The summed E-state index contributed by atoms with van der Waals surface area (Å²) >= 11 is 6.25. The standard InChI is InChI=1S/C25H33ClN2O2/c1-5-23(25(30)27-16-18(2)3)28(17-20-12-10-19(4)11-13-20)24(29)15-14-21-8-6-7-9-22(21)26/h6-13,18,23H,5,14-17H2,1-4H3,(H,27,30). The lowest BCUT2D eigenvalue weighted by Gasteiger charge is -2.31. The van der Waals surface area contributed by atoms with Gasteiger partial charge in [0.2, 0.25) is 11.8 Å². The fraction of sp³-hybridized carbons (Fsp3) is 0.440. The van der Waals surface area contributed by atoms with E-state index in [2.05, 4.69) is 19.2 Å². The number of nitrogens with one attached hydrogen (secondary N) is 1. The number of aryl methyl sites for hydroxylation is 2. The lowest BCUT2D eigenvalue weighted by atomic mass is 10.1. The SMILES string of the molecule is CCC(C(=O)NCC(C)C)N(Cc1ccc(C)cc1)C(=O)CCc1ccccc1Cl. The lowest BCUT2D eigenvalue weighted by molar-refractivity contribution is -0.141. The lowest BCUT2D eigenvalue weighted by Crippen LogP contribution is -2.49. The van der Waals surface area contributed by atoms with Gasteiger partial charge in [-0.25, -0.2) is 0 Å². The van der Waals surface area contributed by atoms with Crippen LogP contribution in [0.2, 0.25) is 5.02 Å². The minimum atomic E-state index is -0.496. The van der Waals surface area contributed by atoms with E-state index >= 15 is 0 Å². The number of carbonyl (C=O) groups is 2. The summed E-state index contributed by atoms with van der Waals surface area (Å²) in [4.78, 5) is 27.8. The van der Waals surface area contributed by atoms with Gasteiger partial charge in [0.05, 0.1) is 0 Å². The average molecular weight is 429 g/mol. The summed E-state index contributed by atoms with van der Waals surface area (Å²) in [5, 5.41) is 3.66. The van der Waals surface area contributed by atoms with E-state index < -0.39 is 6.04 Å². The van der Waals surface area contributed by atoms with Crippen LogP contribution < -0.4 is 5.32 Å². The van der Waals surface area contributed by atoms with Crippen LogP contribution in [0.4, 0.5) is 0 Å². The Hall–Kier alpha value is -2.33. The maximum Gasteiger partial charge on any atom is 0.242 e. The Morgan fingerprint density at radius 2 is 1.73 bits per heavy atom. The van der Waals surface area contributed by atoms with Crippen LogP contribution in [-0.4, -0.2) is 29.3 Å². The van der Waals surface area contributed by atoms with E-state index in [4.69, 9.17) is 11.6 Å². The molecule has 2 amide bonds. The van der Waals surface area contributed by atoms with Gasteiger partial charge in [-0.3, -0.25) is 9.59 Å². The highest BCUT2D eigenvalue weighted by atomic mass is 35.5. The number of hydrogen-bond donors (Lipinski definition) is 1. The van der Waals surface area contributed by atoms with E-state index in [0.717, 1.165) is 16.7 Å². The van der Waals surface area contributed by atoms with Crippen molar-refractivity contribution < 1.29 is 9.59 Å². The predicted molar refractivity (Wildman–Crippen MR) is 123 cm³/mol. The Morgan fingerprint density at radius 1 is 1.07 bits per heavy atom. The number of carbonyl (C=O) groups excluding carboxylic acids is 2. The highest BCUT2D eigenvalue weighted by Crippen LogP contribution is 2.19. The Labute approximate surface area is 185 Å². The average Bonchev–Trinajstić information content (AvgIpc) is 2.72. The molecule has 0 heterocycles. The van der Waals surface area contributed by atoms with Crippen molar-refractivity contribution in [2.75, 3.05) is 6.54 Å². The minimum Gasteiger partial charge on any atom is -0.354 e. The summed E-state index contributed by atoms with van der Waals surface area (Å²) in [7, 11) is 0. The molecule has 0 spiro atoms. The summed E-state index contributed by atoms with van der Waals surface area (Å²) < 4.78 is 0. The first kappa shape index (κ1) is 23.9. The summed E-state index contributed by atoms with van der Waals surface area (Å²) in [6, 6.07) is 15.2. The van der Waals surface area contributed by atoms with Crippen LogP contribution in [0.25, 0.3) is 0 Å². The van der Waals surface area contributed by atoms with Crippen LogP contribution in [0.5, 0.6) is 0 Å². The number of nitrogens with zero attached hydrogens (tertiary/aromatic N) is 1. The van der Waals surface area contributed by atoms with Crippen LogP contribution in [0.3, 0.4) is 0 Å². The molecular formula is C25H33ClN2O2. The van der Waals surface area contributed by atoms with Crippen LogP contribution in [0.1, 0.15) is 50.3 Å². The van der Waals surface area contributed by atoms with Crippen molar-refractivity contribution in [2.24, 2.45) is 5.92 Å². The van der Waals surface area contributed by atoms with Crippen molar-refractivity contribution in [3.63, 3.8) is 0 Å². The van der Waals surface area contributed by atoms with Gasteiger partial charge in [0.1, 0.15) is 6.04 Å². The first-order valence-corrected chi connectivity index (χ1v) is 11.1. The summed E-state index contributed by atoms with van der Waals surface area (Å²) in [5.41, 5.74) is 3.12. The molecule has 0 aromatic heterocycles. The molecular weight excluding hydrogens is 396 g/mol. The van der Waals surface area contributed by atoms with Gasteiger partial charge >= 0.3 is 0 Å².